The minimum Gasteiger partial charge on any atom is -0.508 e. The molecule has 3 rings (SSSR count). The van der Waals surface area contributed by atoms with Crippen LogP contribution in [0.4, 0.5) is 5.69 Å². The molecule has 0 aliphatic carbocycles. The minimum atomic E-state index is -1.01. The van der Waals surface area contributed by atoms with Crippen LogP contribution in [0.1, 0.15) is 15.9 Å². The SMILES string of the molecule is C=CCN1C(=O)/C(=C/c2ccc(O)cc2)SC1=Nc1ccc(C(=O)O)cc1. The van der Waals surface area contributed by atoms with Crippen molar-refractivity contribution in [1.82, 2.24) is 4.90 Å². The Morgan fingerprint density at radius 3 is 2.41 bits per heavy atom. The number of aromatic carboxylic acids is 1. The summed E-state index contributed by atoms with van der Waals surface area (Å²) in [7, 11) is 0. The Bertz CT molecular complexity index is 947. The maximum Gasteiger partial charge on any atom is 0.335 e. The van der Waals surface area contributed by atoms with Crippen LogP contribution in [0.3, 0.4) is 0 Å². The van der Waals surface area contributed by atoms with E-state index in [0.717, 1.165) is 5.56 Å². The van der Waals surface area contributed by atoms with Crippen LogP contribution in [-0.2, 0) is 4.79 Å². The van der Waals surface area contributed by atoms with Crippen molar-refractivity contribution >= 4 is 40.6 Å². The quantitative estimate of drug-likeness (QED) is 0.607. The van der Waals surface area contributed by atoms with Crippen LogP contribution < -0.4 is 0 Å². The van der Waals surface area contributed by atoms with E-state index in [1.54, 1.807) is 48.6 Å². The summed E-state index contributed by atoms with van der Waals surface area (Å²) >= 11 is 1.23. The molecule has 1 fully saturated rings. The zero-order chi connectivity index (χ0) is 19.4. The lowest BCUT2D eigenvalue weighted by molar-refractivity contribution is -0.121. The second-order valence-electron chi connectivity index (χ2n) is 5.65. The molecular formula is C20H16N2O4S. The molecule has 0 aromatic heterocycles. The van der Waals surface area contributed by atoms with E-state index in [9.17, 15) is 14.7 Å². The van der Waals surface area contributed by atoms with E-state index < -0.39 is 5.97 Å². The number of phenols is 1. The number of hydrogen-bond donors (Lipinski definition) is 2. The second-order valence-corrected chi connectivity index (χ2v) is 6.66. The molecule has 0 radical (unpaired) electrons. The van der Waals surface area contributed by atoms with Crippen molar-refractivity contribution in [2.45, 2.75) is 0 Å². The molecule has 2 N–H and O–H groups in total. The third kappa shape index (κ3) is 4.27. The first-order valence-corrected chi connectivity index (χ1v) is 8.83. The number of thioether (sulfide) groups is 1. The molecule has 0 unspecified atom stereocenters. The third-order valence-electron chi connectivity index (χ3n) is 3.73. The van der Waals surface area contributed by atoms with Gasteiger partial charge in [0.25, 0.3) is 5.91 Å². The monoisotopic (exact) mass is 380 g/mol. The normalized spacial score (nSPS) is 16.9. The molecule has 0 bridgehead atoms. The van der Waals surface area contributed by atoms with Crippen molar-refractivity contribution in [1.29, 1.82) is 0 Å². The van der Waals surface area contributed by atoms with E-state index in [1.807, 2.05) is 0 Å². The second kappa shape index (κ2) is 7.92. The number of amides is 1. The summed E-state index contributed by atoms with van der Waals surface area (Å²) in [6, 6.07) is 12.7. The molecule has 1 aliphatic heterocycles. The molecule has 2 aromatic carbocycles. The van der Waals surface area contributed by atoms with Crippen molar-refractivity contribution < 1.29 is 19.8 Å². The number of aromatic hydroxyl groups is 1. The largest absolute Gasteiger partial charge is 0.508 e. The number of hydrogen-bond acceptors (Lipinski definition) is 5. The molecule has 27 heavy (non-hydrogen) atoms. The maximum atomic E-state index is 12.7. The minimum absolute atomic E-state index is 0.155. The van der Waals surface area contributed by atoms with Gasteiger partial charge in [0.2, 0.25) is 0 Å². The molecular weight excluding hydrogens is 364 g/mol. The average Bonchev–Trinajstić information content (AvgIpc) is 2.93. The summed E-state index contributed by atoms with van der Waals surface area (Å²) < 4.78 is 0. The highest BCUT2D eigenvalue weighted by Crippen LogP contribution is 2.34. The third-order valence-corrected chi connectivity index (χ3v) is 4.74. The number of phenolic OH excluding ortho intramolecular Hbond substituents is 1. The molecule has 0 atom stereocenters. The smallest absolute Gasteiger partial charge is 0.335 e. The van der Waals surface area contributed by atoms with Gasteiger partial charge in [0, 0.05) is 6.54 Å². The fourth-order valence-corrected chi connectivity index (χ4v) is 3.40. The van der Waals surface area contributed by atoms with Crippen molar-refractivity contribution in [3.63, 3.8) is 0 Å². The van der Waals surface area contributed by atoms with E-state index in [2.05, 4.69) is 11.6 Å². The summed E-state index contributed by atoms with van der Waals surface area (Å²) in [5.74, 6) is -1.04. The number of rotatable bonds is 5. The summed E-state index contributed by atoms with van der Waals surface area (Å²) in [6.45, 7) is 3.99. The first kappa shape index (κ1) is 18.5. The van der Waals surface area contributed by atoms with Gasteiger partial charge < -0.3 is 10.2 Å². The van der Waals surface area contributed by atoms with Crippen LogP contribution >= 0.6 is 11.8 Å². The Labute approximate surface area is 160 Å². The number of benzene rings is 2. The van der Waals surface area contributed by atoms with Gasteiger partial charge in [-0.3, -0.25) is 9.69 Å². The summed E-state index contributed by atoms with van der Waals surface area (Å²) in [4.78, 5) is 30.1. The van der Waals surface area contributed by atoms with Gasteiger partial charge in [-0.05, 0) is 59.8 Å². The Balaban J connectivity index is 1.91. The summed E-state index contributed by atoms with van der Waals surface area (Å²) in [6.07, 6.45) is 3.35. The van der Waals surface area contributed by atoms with Gasteiger partial charge in [0.15, 0.2) is 5.17 Å². The predicted molar refractivity (Wildman–Crippen MR) is 106 cm³/mol. The van der Waals surface area contributed by atoms with Gasteiger partial charge in [-0.25, -0.2) is 9.79 Å². The van der Waals surface area contributed by atoms with Gasteiger partial charge in [-0.2, -0.15) is 0 Å². The van der Waals surface area contributed by atoms with Gasteiger partial charge in [-0.1, -0.05) is 18.2 Å². The van der Waals surface area contributed by atoms with Gasteiger partial charge in [-0.15, -0.1) is 6.58 Å². The Hall–Kier alpha value is -3.32. The van der Waals surface area contributed by atoms with E-state index >= 15 is 0 Å². The highest BCUT2D eigenvalue weighted by atomic mass is 32.2. The summed E-state index contributed by atoms with van der Waals surface area (Å²) in [5.41, 5.74) is 1.51. The zero-order valence-corrected chi connectivity index (χ0v) is 15.0. The topological polar surface area (TPSA) is 90.2 Å². The molecule has 1 heterocycles. The first-order chi connectivity index (χ1) is 13.0. The number of carboxylic acid groups (broad SMARTS) is 1. The molecule has 0 saturated carbocycles. The van der Waals surface area contributed by atoms with E-state index in [-0.39, 0.29) is 17.2 Å². The fraction of sp³-hybridized carbons (Fsp3) is 0.0500. The first-order valence-electron chi connectivity index (χ1n) is 8.01. The van der Waals surface area contributed by atoms with E-state index in [4.69, 9.17) is 5.11 Å². The molecule has 1 amide bonds. The lowest BCUT2D eigenvalue weighted by Crippen LogP contribution is -2.29. The summed E-state index contributed by atoms with van der Waals surface area (Å²) in [5, 5.41) is 18.8. The van der Waals surface area contributed by atoms with Crippen molar-refractivity contribution in [3.05, 3.63) is 77.2 Å². The zero-order valence-electron chi connectivity index (χ0n) is 14.2. The van der Waals surface area contributed by atoms with Crippen LogP contribution in [0, 0.1) is 0 Å². The number of carboxylic acids is 1. The standard InChI is InChI=1S/C20H16N2O4S/c1-2-11-22-18(24)17(12-13-3-9-16(23)10-4-13)27-20(22)21-15-7-5-14(6-8-15)19(25)26/h2-10,12,23H,1,11H2,(H,25,26)/b17-12-,21-20?. The lowest BCUT2D eigenvalue weighted by atomic mass is 10.2. The van der Waals surface area contributed by atoms with Crippen molar-refractivity contribution in [2.75, 3.05) is 6.54 Å². The number of amidine groups is 1. The highest BCUT2D eigenvalue weighted by Gasteiger charge is 2.32. The highest BCUT2D eigenvalue weighted by molar-refractivity contribution is 8.18. The number of carbonyl (C=O) groups is 2. The molecule has 7 heteroatoms. The lowest BCUT2D eigenvalue weighted by Gasteiger charge is -2.12. The number of carbonyl (C=O) groups excluding carboxylic acids is 1. The van der Waals surface area contributed by atoms with E-state index in [0.29, 0.717) is 22.3 Å². The van der Waals surface area contributed by atoms with Crippen LogP contribution in [-0.4, -0.2) is 38.7 Å². The molecule has 1 saturated heterocycles. The number of nitrogens with zero attached hydrogens (tertiary/aromatic N) is 2. The van der Waals surface area contributed by atoms with E-state index in [1.165, 1.54) is 28.8 Å². The van der Waals surface area contributed by atoms with Gasteiger partial charge in [0.05, 0.1) is 16.2 Å². The van der Waals surface area contributed by atoms with Crippen molar-refractivity contribution in [2.24, 2.45) is 4.99 Å². The van der Waals surface area contributed by atoms with Gasteiger partial charge >= 0.3 is 5.97 Å². The fourth-order valence-electron chi connectivity index (χ4n) is 2.39. The van der Waals surface area contributed by atoms with Crippen molar-refractivity contribution in [3.8, 4) is 5.75 Å². The molecule has 1 aliphatic rings. The number of aliphatic imine (C=N–C) groups is 1. The van der Waals surface area contributed by atoms with Crippen LogP contribution in [0.2, 0.25) is 0 Å². The molecule has 136 valence electrons. The predicted octanol–water partition coefficient (Wildman–Crippen LogP) is 3.88. The Morgan fingerprint density at radius 2 is 1.81 bits per heavy atom. The maximum absolute atomic E-state index is 12.7. The average molecular weight is 380 g/mol. The Kier molecular flexibility index (Phi) is 5.42. The molecule has 6 nitrogen and oxygen atoms in total. The van der Waals surface area contributed by atoms with Crippen LogP contribution in [0.5, 0.6) is 5.75 Å². The van der Waals surface area contributed by atoms with Gasteiger partial charge in [0.1, 0.15) is 5.75 Å². The molecule has 0 spiro atoms. The van der Waals surface area contributed by atoms with Crippen LogP contribution in [0.25, 0.3) is 6.08 Å². The molecule has 2 aromatic rings. The van der Waals surface area contributed by atoms with Crippen LogP contribution in [0.15, 0.2) is 71.1 Å². The Morgan fingerprint density at radius 1 is 1.15 bits per heavy atom.